The second kappa shape index (κ2) is 4.87. The second-order valence-electron chi connectivity index (χ2n) is 5.45. The molecule has 0 bridgehead atoms. The molecule has 0 saturated carbocycles. The number of nitrogens with zero attached hydrogens (tertiary/aromatic N) is 2. The Hall–Kier alpha value is -1.94. The lowest BCUT2D eigenvalue weighted by Gasteiger charge is -2.25. The van der Waals surface area contributed by atoms with E-state index in [1.807, 2.05) is 18.3 Å². The molecule has 4 heteroatoms. The van der Waals surface area contributed by atoms with E-state index in [9.17, 15) is 0 Å². The van der Waals surface area contributed by atoms with Crippen molar-refractivity contribution >= 4 is 0 Å². The van der Waals surface area contributed by atoms with E-state index in [4.69, 9.17) is 9.72 Å². The molecule has 1 unspecified atom stereocenters. The van der Waals surface area contributed by atoms with Crippen molar-refractivity contribution in [2.75, 3.05) is 13.2 Å². The van der Waals surface area contributed by atoms with Crippen molar-refractivity contribution in [3.8, 4) is 5.75 Å². The summed E-state index contributed by atoms with van der Waals surface area (Å²) in [7, 11) is 0. The SMILES string of the molecule is c1ccc2c(c1)CC(c1ncc3c(n1)CCNC3)CO2. The molecule has 2 aliphatic heterocycles. The predicted molar refractivity (Wildman–Crippen MR) is 75.8 cm³/mol. The number of para-hydroxylation sites is 1. The molecule has 1 atom stereocenters. The van der Waals surface area contributed by atoms with Gasteiger partial charge in [-0.3, -0.25) is 0 Å². The summed E-state index contributed by atoms with van der Waals surface area (Å²) in [5.41, 5.74) is 3.69. The molecule has 0 amide bonds. The smallest absolute Gasteiger partial charge is 0.135 e. The van der Waals surface area contributed by atoms with E-state index in [1.165, 1.54) is 16.8 Å². The highest BCUT2D eigenvalue weighted by molar-refractivity contribution is 5.36. The van der Waals surface area contributed by atoms with Gasteiger partial charge in [-0.25, -0.2) is 9.97 Å². The molecule has 1 aromatic carbocycles. The van der Waals surface area contributed by atoms with E-state index in [-0.39, 0.29) is 5.92 Å². The Morgan fingerprint density at radius 1 is 1.20 bits per heavy atom. The van der Waals surface area contributed by atoms with Crippen LogP contribution in [0.3, 0.4) is 0 Å². The number of hydrogen-bond donors (Lipinski definition) is 1. The van der Waals surface area contributed by atoms with Gasteiger partial charge in [0, 0.05) is 37.0 Å². The third-order valence-electron chi connectivity index (χ3n) is 4.07. The van der Waals surface area contributed by atoms with Crippen LogP contribution < -0.4 is 10.1 Å². The summed E-state index contributed by atoms with van der Waals surface area (Å²) in [6.07, 6.45) is 3.94. The minimum absolute atomic E-state index is 0.269. The van der Waals surface area contributed by atoms with Gasteiger partial charge in [-0.15, -0.1) is 0 Å². The highest BCUT2D eigenvalue weighted by atomic mass is 16.5. The van der Waals surface area contributed by atoms with Crippen LogP contribution in [0.25, 0.3) is 0 Å². The summed E-state index contributed by atoms with van der Waals surface area (Å²) in [6.45, 7) is 2.57. The van der Waals surface area contributed by atoms with E-state index in [0.717, 1.165) is 37.5 Å². The Morgan fingerprint density at radius 2 is 2.15 bits per heavy atom. The Labute approximate surface area is 118 Å². The standard InChI is InChI=1S/C16H17N3O/c1-2-4-15-11(3-1)7-12(10-20-15)16-18-9-13-8-17-6-5-14(13)19-16/h1-4,9,12,17H,5-8,10H2. The van der Waals surface area contributed by atoms with Crippen molar-refractivity contribution in [3.63, 3.8) is 0 Å². The van der Waals surface area contributed by atoms with Crippen molar-refractivity contribution in [2.45, 2.75) is 25.3 Å². The third-order valence-corrected chi connectivity index (χ3v) is 4.07. The van der Waals surface area contributed by atoms with Crippen LogP contribution in [0.4, 0.5) is 0 Å². The molecule has 2 aliphatic rings. The van der Waals surface area contributed by atoms with Gasteiger partial charge in [-0.2, -0.15) is 0 Å². The molecule has 3 heterocycles. The Balaban J connectivity index is 1.63. The normalized spacial score (nSPS) is 20.7. The van der Waals surface area contributed by atoms with Crippen LogP contribution >= 0.6 is 0 Å². The van der Waals surface area contributed by atoms with E-state index in [2.05, 4.69) is 22.4 Å². The average molecular weight is 267 g/mol. The van der Waals surface area contributed by atoms with E-state index < -0.39 is 0 Å². The van der Waals surface area contributed by atoms with Crippen molar-refractivity contribution in [2.24, 2.45) is 0 Å². The number of aromatic nitrogens is 2. The highest BCUT2D eigenvalue weighted by Crippen LogP contribution is 2.31. The van der Waals surface area contributed by atoms with Gasteiger partial charge >= 0.3 is 0 Å². The molecule has 0 spiro atoms. The summed E-state index contributed by atoms with van der Waals surface area (Å²) in [4.78, 5) is 9.34. The molecular formula is C16H17N3O. The molecule has 0 fully saturated rings. The maximum Gasteiger partial charge on any atom is 0.135 e. The molecule has 1 N–H and O–H groups in total. The van der Waals surface area contributed by atoms with Crippen LogP contribution in [0.1, 0.15) is 28.6 Å². The van der Waals surface area contributed by atoms with Gasteiger partial charge in [0.1, 0.15) is 11.6 Å². The fourth-order valence-electron chi connectivity index (χ4n) is 2.94. The predicted octanol–water partition coefficient (Wildman–Crippen LogP) is 1.84. The summed E-state index contributed by atoms with van der Waals surface area (Å²) in [5, 5.41) is 3.35. The Morgan fingerprint density at radius 3 is 3.15 bits per heavy atom. The molecule has 4 nitrogen and oxygen atoms in total. The highest BCUT2D eigenvalue weighted by Gasteiger charge is 2.24. The van der Waals surface area contributed by atoms with Gasteiger partial charge in [0.15, 0.2) is 0 Å². The monoisotopic (exact) mass is 267 g/mol. The van der Waals surface area contributed by atoms with Gasteiger partial charge < -0.3 is 10.1 Å². The fraction of sp³-hybridized carbons (Fsp3) is 0.375. The maximum atomic E-state index is 5.84. The van der Waals surface area contributed by atoms with Gasteiger partial charge in [-0.05, 0) is 18.1 Å². The topological polar surface area (TPSA) is 47.0 Å². The zero-order chi connectivity index (χ0) is 13.4. The van der Waals surface area contributed by atoms with Crippen molar-refractivity contribution in [1.82, 2.24) is 15.3 Å². The molecule has 0 aliphatic carbocycles. The van der Waals surface area contributed by atoms with Gasteiger partial charge in [0.05, 0.1) is 12.5 Å². The molecule has 0 radical (unpaired) electrons. The molecule has 102 valence electrons. The van der Waals surface area contributed by atoms with Crippen LogP contribution in [0.5, 0.6) is 5.75 Å². The van der Waals surface area contributed by atoms with Crippen molar-refractivity contribution in [1.29, 1.82) is 0 Å². The lowest BCUT2D eigenvalue weighted by atomic mass is 9.95. The average Bonchev–Trinajstić information content (AvgIpc) is 2.54. The summed E-state index contributed by atoms with van der Waals surface area (Å²) < 4.78 is 5.84. The van der Waals surface area contributed by atoms with Crippen LogP contribution in [0.2, 0.25) is 0 Å². The first-order valence-electron chi connectivity index (χ1n) is 7.16. The van der Waals surface area contributed by atoms with Crippen LogP contribution in [0.15, 0.2) is 30.5 Å². The molecule has 0 saturated heterocycles. The lowest BCUT2D eigenvalue weighted by molar-refractivity contribution is 0.257. The van der Waals surface area contributed by atoms with E-state index in [0.29, 0.717) is 6.61 Å². The third kappa shape index (κ3) is 2.06. The van der Waals surface area contributed by atoms with Gasteiger partial charge in [0.2, 0.25) is 0 Å². The quantitative estimate of drug-likeness (QED) is 0.856. The molecule has 20 heavy (non-hydrogen) atoms. The largest absolute Gasteiger partial charge is 0.493 e. The summed E-state index contributed by atoms with van der Waals surface area (Å²) in [5.74, 6) is 2.20. The minimum atomic E-state index is 0.269. The summed E-state index contributed by atoms with van der Waals surface area (Å²) >= 11 is 0. The number of ether oxygens (including phenoxy) is 1. The first-order chi connectivity index (χ1) is 9.90. The number of hydrogen-bond acceptors (Lipinski definition) is 4. The zero-order valence-electron chi connectivity index (χ0n) is 11.3. The van der Waals surface area contributed by atoms with Crippen LogP contribution in [0, 0.1) is 0 Å². The molecule has 2 aromatic rings. The number of fused-ring (bicyclic) bond motifs is 2. The number of rotatable bonds is 1. The van der Waals surface area contributed by atoms with Crippen LogP contribution in [-0.4, -0.2) is 23.1 Å². The van der Waals surface area contributed by atoms with E-state index >= 15 is 0 Å². The minimum Gasteiger partial charge on any atom is -0.493 e. The van der Waals surface area contributed by atoms with Crippen LogP contribution in [-0.2, 0) is 19.4 Å². The first-order valence-corrected chi connectivity index (χ1v) is 7.16. The lowest BCUT2D eigenvalue weighted by Crippen LogP contribution is -2.27. The maximum absolute atomic E-state index is 5.84. The van der Waals surface area contributed by atoms with Crippen molar-refractivity contribution in [3.05, 3.63) is 53.1 Å². The Kier molecular flexibility index (Phi) is 2.89. The first kappa shape index (κ1) is 11.9. The van der Waals surface area contributed by atoms with Gasteiger partial charge in [-0.1, -0.05) is 18.2 Å². The Bertz CT molecular complexity index is 641. The second-order valence-corrected chi connectivity index (χ2v) is 5.45. The van der Waals surface area contributed by atoms with Gasteiger partial charge in [0.25, 0.3) is 0 Å². The number of nitrogens with one attached hydrogen (secondary N) is 1. The summed E-state index contributed by atoms with van der Waals surface area (Å²) in [6, 6.07) is 8.24. The molecule has 4 rings (SSSR count). The van der Waals surface area contributed by atoms with E-state index in [1.54, 1.807) is 0 Å². The zero-order valence-corrected chi connectivity index (χ0v) is 11.3. The molecular weight excluding hydrogens is 250 g/mol. The fourth-order valence-corrected chi connectivity index (χ4v) is 2.94. The number of benzene rings is 1. The molecule has 1 aromatic heterocycles. The van der Waals surface area contributed by atoms with Crippen molar-refractivity contribution < 1.29 is 4.74 Å².